The van der Waals surface area contributed by atoms with Crippen molar-refractivity contribution in [3.8, 4) is 67.1 Å². The molecule has 0 unspecified atom stereocenters. The molecule has 5 nitrogen and oxygen atoms in total. The Kier molecular flexibility index (Phi) is 15.0. The highest BCUT2D eigenvalue weighted by atomic mass is 32.2. The summed E-state index contributed by atoms with van der Waals surface area (Å²) < 4.78 is 7.35. The maximum Gasteiger partial charge on any atom is 0.253 e. The van der Waals surface area contributed by atoms with Crippen LogP contribution in [-0.2, 0) is 0 Å². The molecule has 8 heteroatoms. The van der Waals surface area contributed by atoms with Crippen molar-refractivity contribution in [2.45, 2.75) is 9.79 Å². The summed E-state index contributed by atoms with van der Waals surface area (Å²) in [4.78, 5) is 12.4. The topological polar surface area (TPSA) is 22.2 Å². The maximum absolute atomic E-state index is 7.35. The average molecular weight is 1340 g/mol. The van der Waals surface area contributed by atoms with E-state index in [1.54, 1.807) is 0 Å². The number of nitrogens with zero attached hydrogens (tertiary/aromatic N) is 4. The molecule has 16 aromatic rings. The minimum Gasteiger partial charge on any atom is -0.458 e. The lowest BCUT2D eigenvalue weighted by Crippen LogP contribution is -2.64. The third-order valence-corrected chi connectivity index (χ3v) is 22.3. The summed E-state index contributed by atoms with van der Waals surface area (Å²) in [7, 11) is 0. The van der Waals surface area contributed by atoms with Crippen LogP contribution in [0.1, 0.15) is 0 Å². The minimum atomic E-state index is -0.198. The molecule has 0 radical (unpaired) electrons. The Labute approximate surface area is 611 Å². The first kappa shape index (κ1) is 60.9. The summed E-state index contributed by atoms with van der Waals surface area (Å²) >= 11 is 1.86. The van der Waals surface area contributed by atoms with Gasteiger partial charge in [-0.3, -0.25) is 0 Å². The fourth-order valence-electron chi connectivity index (χ4n) is 16.5. The molecule has 0 amide bonds. The van der Waals surface area contributed by atoms with Crippen LogP contribution in [0.2, 0.25) is 0 Å². The van der Waals surface area contributed by atoms with Gasteiger partial charge in [-0.05, 0) is 157 Å². The van der Waals surface area contributed by atoms with Crippen LogP contribution in [0.4, 0.5) is 68.2 Å². The van der Waals surface area contributed by atoms with Crippen LogP contribution in [0.25, 0.3) is 55.6 Å². The molecule has 20 rings (SSSR count). The van der Waals surface area contributed by atoms with Crippen LogP contribution in [-0.4, -0.2) is 13.4 Å². The number of para-hydroxylation sites is 6. The molecule has 0 fully saturated rings. The lowest BCUT2D eigenvalue weighted by atomic mass is 9.31. The monoisotopic (exact) mass is 1340 g/mol. The van der Waals surface area contributed by atoms with Gasteiger partial charge in [0.25, 0.3) is 13.4 Å². The molecular weight excluding hydrogens is 1280 g/mol. The van der Waals surface area contributed by atoms with Crippen LogP contribution < -0.4 is 57.1 Å². The molecule has 0 aliphatic carbocycles. The quantitative estimate of drug-likeness (QED) is 0.107. The van der Waals surface area contributed by atoms with Crippen molar-refractivity contribution < 1.29 is 4.74 Å². The van der Waals surface area contributed by atoms with E-state index in [1.807, 2.05) is 11.8 Å². The second-order valence-electron chi connectivity index (χ2n) is 27.0. The first-order valence-corrected chi connectivity index (χ1v) is 36.5. The van der Waals surface area contributed by atoms with E-state index in [1.165, 1.54) is 43.3 Å². The van der Waals surface area contributed by atoms with E-state index in [0.717, 1.165) is 135 Å². The SMILES string of the molecule is c1ccc(-c2ccc(N(c3cc4c5c(c3)Sc3cc6c(cc3B5c3ccccc3O4)B3c4ccccc4N(c4ccccc4)c4cc(N(c5ccc(-c7ccccc7)cc5)c5ccccc5-c5ccccc5)cc(c43)N6c3ccccc3-c3ccccc3)c3ccccc3-c3ccccc3)cc2)cc1. The zero-order valence-electron chi connectivity index (χ0n) is 56.7. The normalized spacial score (nSPS) is 12.6. The first-order valence-electron chi connectivity index (χ1n) is 35.7. The van der Waals surface area contributed by atoms with Gasteiger partial charge in [0.2, 0.25) is 0 Å². The molecule has 104 heavy (non-hydrogen) atoms. The van der Waals surface area contributed by atoms with Crippen molar-refractivity contribution in [2.75, 3.05) is 19.6 Å². The second kappa shape index (κ2) is 25.6. The highest BCUT2D eigenvalue weighted by Crippen LogP contribution is 2.53. The van der Waals surface area contributed by atoms with Crippen LogP contribution in [0, 0.1) is 0 Å². The molecule has 0 atom stereocenters. The number of rotatable bonds is 13. The molecule has 0 saturated heterocycles. The predicted octanol–water partition coefficient (Wildman–Crippen LogP) is 22.1. The number of hydrogen-bond acceptors (Lipinski definition) is 6. The van der Waals surface area contributed by atoms with E-state index >= 15 is 0 Å². The van der Waals surface area contributed by atoms with E-state index in [4.69, 9.17) is 4.74 Å². The van der Waals surface area contributed by atoms with E-state index in [0.29, 0.717) is 0 Å². The second-order valence-corrected chi connectivity index (χ2v) is 28.1. The highest BCUT2D eigenvalue weighted by molar-refractivity contribution is 8.00. The Morgan fingerprint density at radius 1 is 0.240 bits per heavy atom. The van der Waals surface area contributed by atoms with Gasteiger partial charge in [-0.15, -0.1) is 0 Å². The largest absolute Gasteiger partial charge is 0.458 e. The van der Waals surface area contributed by atoms with Crippen molar-refractivity contribution in [3.05, 3.63) is 388 Å². The molecule has 16 aromatic carbocycles. The summed E-state index contributed by atoms with van der Waals surface area (Å²) in [5, 5.41) is 0. The molecular formula is C96H64B2N4OS. The number of anilines is 12. The van der Waals surface area contributed by atoms with Crippen LogP contribution in [0.15, 0.2) is 398 Å². The van der Waals surface area contributed by atoms with Gasteiger partial charge < -0.3 is 24.3 Å². The van der Waals surface area contributed by atoms with E-state index < -0.39 is 0 Å². The van der Waals surface area contributed by atoms with Gasteiger partial charge in [0, 0.05) is 72.4 Å². The van der Waals surface area contributed by atoms with E-state index in [2.05, 4.69) is 408 Å². The summed E-state index contributed by atoms with van der Waals surface area (Å²) in [5.41, 5.74) is 31.7. The van der Waals surface area contributed by atoms with Crippen LogP contribution in [0.5, 0.6) is 11.5 Å². The van der Waals surface area contributed by atoms with Gasteiger partial charge in [0.1, 0.15) is 11.5 Å². The molecule has 0 spiro atoms. The Bertz CT molecular complexity index is 5950. The van der Waals surface area contributed by atoms with Crippen molar-refractivity contribution in [3.63, 3.8) is 0 Å². The van der Waals surface area contributed by atoms with Gasteiger partial charge in [-0.25, -0.2) is 0 Å². The summed E-state index contributed by atoms with van der Waals surface area (Å²) in [5.74, 6) is 1.72. The average Bonchev–Trinajstić information content (AvgIpc) is 0.687. The van der Waals surface area contributed by atoms with Crippen molar-refractivity contribution in [1.29, 1.82) is 0 Å². The van der Waals surface area contributed by atoms with Crippen molar-refractivity contribution in [1.82, 2.24) is 0 Å². The number of ether oxygens (including phenoxy) is 1. The summed E-state index contributed by atoms with van der Waals surface area (Å²) in [6.45, 7) is -0.356. The number of fused-ring (bicyclic) bond motifs is 8. The first-order chi connectivity index (χ1) is 51.6. The van der Waals surface area contributed by atoms with Gasteiger partial charge >= 0.3 is 0 Å². The fourth-order valence-corrected chi connectivity index (χ4v) is 17.8. The minimum absolute atomic E-state index is 0.157. The lowest BCUT2D eigenvalue weighted by molar-refractivity contribution is 0.486. The maximum atomic E-state index is 7.35. The smallest absolute Gasteiger partial charge is 0.253 e. The van der Waals surface area contributed by atoms with Crippen LogP contribution >= 0.6 is 11.8 Å². The molecule has 4 heterocycles. The van der Waals surface area contributed by atoms with E-state index in [9.17, 15) is 0 Å². The van der Waals surface area contributed by atoms with E-state index in [-0.39, 0.29) is 13.4 Å². The zero-order valence-corrected chi connectivity index (χ0v) is 57.5. The fraction of sp³-hybridized carbons (Fsp3) is 0. The van der Waals surface area contributed by atoms with Gasteiger partial charge in [0.15, 0.2) is 0 Å². The molecule has 0 bridgehead atoms. The third-order valence-electron chi connectivity index (χ3n) is 21.1. The number of hydrogen-bond donors (Lipinski definition) is 0. The summed E-state index contributed by atoms with van der Waals surface area (Å²) in [6.07, 6.45) is 0. The summed E-state index contributed by atoms with van der Waals surface area (Å²) in [6, 6.07) is 143. The van der Waals surface area contributed by atoms with Gasteiger partial charge in [-0.2, -0.15) is 0 Å². The predicted molar refractivity (Wildman–Crippen MR) is 439 cm³/mol. The Morgan fingerprint density at radius 2 is 0.663 bits per heavy atom. The van der Waals surface area contributed by atoms with Crippen molar-refractivity contribution >= 4 is 126 Å². The van der Waals surface area contributed by atoms with Gasteiger partial charge in [0.05, 0.1) is 28.4 Å². The molecule has 4 aliphatic heterocycles. The van der Waals surface area contributed by atoms with Crippen molar-refractivity contribution in [2.24, 2.45) is 0 Å². The van der Waals surface area contributed by atoms with Crippen LogP contribution in [0.3, 0.4) is 0 Å². The standard InChI is InChI=1S/C96H64B2N4OS/c1-7-29-65(30-8-1)67-51-55-73(56-52-67)99(84-46-24-19-41-77(84)69-33-11-3-12-34-69)75-59-89-95-90(60-75)102(86-48-26-21-43-79(86)71-37-15-5-16-38-71)88-64-93-83(63-82(88)97(95)80-44-22-27-49-87(80)101(89)72-39-17-6-18-40-72)98-81-45-23-28-50-91(81)103-92-61-76(62-94(104-93)96(92)98)100(74-57-53-68(54-58-74)66-31-9-2-10-32-66)85-47-25-20-42-78(85)70-35-13-4-14-36-70/h1-64H. The lowest BCUT2D eigenvalue weighted by Gasteiger charge is -2.46. The zero-order chi connectivity index (χ0) is 68.6. The molecule has 0 N–H and O–H groups in total. The highest BCUT2D eigenvalue weighted by Gasteiger charge is 2.48. The molecule has 0 aromatic heterocycles. The molecule has 0 saturated carbocycles. The third kappa shape index (κ3) is 10.4. The Hall–Kier alpha value is -13.0. The molecule has 4 aliphatic rings. The Morgan fingerprint density at radius 3 is 1.23 bits per heavy atom. The number of benzene rings is 16. The van der Waals surface area contributed by atoms with Gasteiger partial charge in [-0.1, -0.05) is 308 Å². The molecule has 486 valence electrons. The Balaban J connectivity index is 0.848.